The van der Waals surface area contributed by atoms with Gasteiger partial charge in [-0.3, -0.25) is 4.79 Å². The fraction of sp³-hybridized carbons (Fsp3) is 0.588. The quantitative estimate of drug-likeness (QED) is 0.940. The summed E-state index contributed by atoms with van der Waals surface area (Å²) in [7, 11) is 0. The lowest BCUT2D eigenvalue weighted by atomic mass is 9.97. The number of hydrogen-bond donors (Lipinski definition) is 1. The van der Waals surface area contributed by atoms with Crippen molar-refractivity contribution < 1.29 is 4.79 Å². The minimum Gasteiger partial charge on any atom is -0.353 e. The lowest BCUT2D eigenvalue weighted by molar-refractivity contribution is -0.125. The van der Waals surface area contributed by atoms with Gasteiger partial charge in [-0.25, -0.2) is 9.97 Å². The van der Waals surface area contributed by atoms with Crippen LogP contribution in [0.3, 0.4) is 0 Å². The van der Waals surface area contributed by atoms with Gasteiger partial charge in [-0.1, -0.05) is 24.2 Å². The van der Waals surface area contributed by atoms with E-state index < -0.39 is 0 Å². The molecule has 23 heavy (non-hydrogen) atoms. The second-order valence-electron chi connectivity index (χ2n) is 6.60. The summed E-state index contributed by atoms with van der Waals surface area (Å²) in [6, 6.07) is 4.32. The van der Waals surface area contributed by atoms with Gasteiger partial charge in [0.25, 0.3) is 0 Å². The van der Waals surface area contributed by atoms with Crippen molar-refractivity contribution >= 4 is 32.7 Å². The van der Waals surface area contributed by atoms with Gasteiger partial charge >= 0.3 is 0 Å². The normalized spacial score (nSPS) is 22.6. The third kappa shape index (κ3) is 3.17. The SMILES string of the molecule is O=C(NC1CCCC1)C1CCCN(c2nc3cccnc3s2)C1. The largest absolute Gasteiger partial charge is 0.353 e. The van der Waals surface area contributed by atoms with Crippen molar-refractivity contribution in [1.29, 1.82) is 0 Å². The number of carbonyl (C=O) groups excluding carboxylic acids is 1. The van der Waals surface area contributed by atoms with Crippen LogP contribution in [0.5, 0.6) is 0 Å². The van der Waals surface area contributed by atoms with Crippen LogP contribution in [-0.2, 0) is 4.79 Å². The maximum atomic E-state index is 12.5. The van der Waals surface area contributed by atoms with Crippen LogP contribution in [0.15, 0.2) is 18.3 Å². The molecule has 1 aliphatic carbocycles. The van der Waals surface area contributed by atoms with E-state index in [0.29, 0.717) is 6.04 Å². The molecule has 1 atom stereocenters. The van der Waals surface area contributed by atoms with Crippen molar-refractivity contribution in [3.8, 4) is 0 Å². The Morgan fingerprint density at radius 3 is 2.96 bits per heavy atom. The van der Waals surface area contributed by atoms with E-state index in [9.17, 15) is 4.79 Å². The number of amides is 1. The molecule has 2 aromatic rings. The Hall–Kier alpha value is -1.69. The van der Waals surface area contributed by atoms with E-state index in [-0.39, 0.29) is 11.8 Å². The Balaban J connectivity index is 1.44. The van der Waals surface area contributed by atoms with Gasteiger partial charge in [-0.05, 0) is 37.8 Å². The first-order valence-electron chi connectivity index (χ1n) is 8.56. The Kier molecular flexibility index (Phi) is 4.16. The van der Waals surface area contributed by atoms with Crippen molar-refractivity contribution in [3.05, 3.63) is 18.3 Å². The van der Waals surface area contributed by atoms with Gasteiger partial charge in [-0.15, -0.1) is 0 Å². The van der Waals surface area contributed by atoms with Gasteiger partial charge in [0, 0.05) is 25.3 Å². The highest BCUT2D eigenvalue weighted by Gasteiger charge is 2.29. The second-order valence-corrected chi connectivity index (χ2v) is 7.56. The van der Waals surface area contributed by atoms with E-state index in [0.717, 1.165) is 54.3 Å². The van der Waals surface area contributed by atoms with E-state index in [1.54, 1.807) is 17.5 Å². The molecule has 2 aromatic heterocycles. The van der Waals surface area contributed by atoms with Crippen LogP contribution in [0.2, 0.25) is 0 Å². The second kappa shape index (κ2) is 6.43. The van der Waals surface area contributed by atoms with Crippen LogP contribution in [-0.4, -0.2) is 35.0 Å². The fourth-order valence-corrected chi connectivity index (χ4v) is 4.59. The van der Waals surface area contributed by atoms with Gasteiger partial charge in [-0.2, -0.15) is 0 Å². The zero-order valence-electron chi connectivity index (χ0n) is 13.2. The van der Waals surface area contributed by atoms with Crippen LogP contribution in [0, 0.1) is 5.92 Å². The van der Waals surface area contributed by atoms with Gasteiger partial charge in [0.2, 0.25) is 5.91 Å². The smallest absolute Gasteiger partial charge is 0.225 e. The molecule has 122 valence electrons. The summed E-state index contributed by atoms with van der Waals surface area (Å²) in [4.78, 5) is 24.8. The van der Waals surface area contributed by atoms with Crippen LogP contribution in [0.4, 0.5) is 5.13 Å². The number of aromatic nitrogens is 2. The number of carbonyl (C=O) groups is 1. The van der Waals surface area contributed by atoms with Gasteiger partial charge in [0.05, 0.1) is 5.92 Å². The summed E-state index contributed by atoms with van der Waals surface area (Å²) in [5.74, 6) is 0.324. The van der Waals surface area contributed by atoms with Gasteiger partial charge in [0.15, 0.2) is 5.13 Å². The van der Waals surface area contributed by atoms with Crippen LogP contribution in [0.25, 0.3) is 10.3 Å². The number of anilines is 1. The Morgan fingerprint density at radius 1 is 1.26 bits per heavy atom. The van der Waals surface area contributed by atoms with Crippen LogP contribution >= 0.6 is 11.3 Å². The van der Waals surface area contributed by atoms with E-state index in [2.05, 4.69) is 20.2 Å². The topological polar surface area (TPSA) is 58.1 Å². The molecule has 1 N–H and O–H groups in total. The molecule has 3 heterocycles. The van der Waals surface area contributed by atoms with Crippen molar-refractivity contribution in [1.82, 2.24) is 15.3 Å². The number of rotatable bonds is 3. The number of nitrogens with zero attached hydrogens (tertiary/aromatic N) is 3. The Morgan fingerprint density at radius 2 is 2.13 bits per heavy atom. The summed E-state index contributed by atoms with van der Waals surface area (Å²) in [5, 5.41) is 4.25. The zero-order valence-corrected chi connectivity index (χ0v) is 14.0. The number of piperidine rings is 1. The molecule has 1 saturated heterocycles. The van der Waals surface area contributed by atoms with Crippen molar-refractivity contribution in [2.45, 2.75) is 44.6 Å². The summed E-state index contributed by atoms with van der Waals surface area (Å²) >= 11 is 1.62. The molecule has 4 rings (SSSR count). The first kappa shape index (κ1) is 14.9. The molecule has 1 unspecified atom stereocenters. The maximum Gasteiger partial charge on any atom is 0.225 e. The molecule has 1 amide bonds. The van der Waals surface area contributed by atoms with Crippen molar-refractivity contribution in [2.24, 2.45) is 5.92 Å². The number of nitrogens with one attached hydrogen (secondary N) is 1. The van der Waals surface area contributed by atoms with Gasteiger partial charge < -0.3 is 10.2 Å². The van der Waals surface area contributed by atoms with Crippen LogP contribution in [0.1, 0.15) is 38.5 Å². The molecule has 5 nitrogen and oxygen atoms in total. The van der Waals surface area contributed by atoms with Crippen molar-refractivity contribution in [2.75, 3.05) is 18.0 Å². The zero-order chi connectivity index (χ0) is 15.6. The highest BCUT2D eigenvalue weighted by Crippen LogP contribution is 2.30. The highest BCUT2D eigenvalue weighted by molar-refractivity contribution is 7.21. The molecule has 6 heteroatoms. The first-order valence-corrected chi connectivity index (χ1v) is 9.38. The minimum atomic E-state index is 0.0873. The third-order valence-electron chi connectivity index (χ3n) is 4.92. The molecule has 0 spiro atoms. The van der Waals surface area contributed by atoms with E-state index >= 15 is 0 Å². The van der Waals surface area contributed by atoms with Crippen LogP contribution < -0.4 is 10.2 Å². The third-order valence-corrected chi connectivity index (χ3v) is 5.96. The molecule has 1 aliphatic heterocycles. The minimum absolute atomic E-state index is 0.0873. The van der Waals surface area contributed by atoms with E-state index in [1.807, 2.05) is 12.1 Å². The number of fused-ring (bicyclic) bond motifs is 1. The predicted octanol–water partition coefficient (Wildman–Crippen LogP) is 2.97. The molecule has 1 saturated carbocycles. The fourth-order valence-electron chi connectivity index (χ4n) is 3.65. The molecular weight excluding hydrogens is 308 g/mol. The predicted molar refractivity (Wildman–Crippen MR) is 92.8 cm³/mol. The number of pyridine rings is 1. The number of thiazole rings is 1. The number of hydrogen-bond acceptors (Lipinski definition) is 5. The summed E-state index contributed by atoms with van der Waals surface area (Å²) in [6.07, 6.45) is 8.63. The van der Waals surface area contributed by atoms with E-state index in [1.165, 1.54) is 12.8 Å². The molecule has 0 radical (unpaired) electrons. The molecule has 0 bridgehead atoms. The summed E-state index contributed by atoms with van der Waals surface area (Å²) in [6.45, 7) is 1.76. The Bertz CT molecular complexity index is 662. The van der Waals surface area contributed by atoms with E-state index in [4.69, 9.17) is 0 Å². The lowest BCUT2D eigenvalue weighted by Gasteiger charge is -2.32. The first-order chi connectivity index (χ1) is 11.3. The highest BCUT2D eigenvalue weighted by atomic mass is 32.1. The molecule has 2 fully saturated rings. The lowest BCUT2D eigenvalue weighted by Crippen LogP contribution is -2.45. The standard InChI is InChI=1S/C17H22N4OS/c22-15(19-13-6-1-2-7-13)12-5-4-10-21(11-12)17-20-14-8-3-9-18-16(14)23-17/h3,8-9,12-13H,1-2,4-7,10-11H2,(H,19,22). The Labute approximate surface area is 140 Å². The molecular formula is C17H22N4OS. The molecule has 2 aliphatic rings. The summed E-state index contributed by atoms with van der Waals surface area (Å²) in [5.41, 5.74) is 0.949. The van der Waals surface area contributed by atoms with Gasteiger partial charge in [0.1, 0.15) is 10.3 Å². The maximum absolute atomic E-state index is 12.5. The average molecular weight is 330 g/mol. The summed E-state index contributed by atoms with van der Waals surface area (Å²) < 4.78 is 0. The monoisotopic (exact) mass is 330 g/mol. The average Bonchev–Trinajstić information content (AvgIpc) is 3.24. The molecule has 0 aromatic carbocycles. The van der Waals surface area contributed by atoms with Crippen molar-refractivity contribution in [3.63, 3.8) is 0 Å².